The van der Waals surface area contributed by atoms with Crippen LogP contribution in [-0.2, 0) is 11.2 Å². The molecule has 6 nitrogen and oxygen atoms in total. The molecule has 2 saturated heterocycles. The highest BCUT2D eigenvalue weighted by atomic mass is 16.5. The summed E-state index contributed by atoms with van der Waals surface area (Å²) in [6.07, 6.45) is 2.16. The number of rotatable bonds is 8. The Morgan fingerprint density at radius 1 is 1.21 bits per heavy atom. The first-order valence-electron chi connectivity index (χ1n) is 11.2. The molecule has 162 valence electrons. The fourth-order valence-corrected chi connectivity index (χ4v) is 3.91. The molecule has 0 spiro atoms. The Morgan fingerprint density at radius 3 is 2.66 bits per heavy atom. The summed E-state index contributed by atoms with van der Waals surface area (Å²) in [7, 11) is 0. The highest BCUT2D eigenvalue weighted by Gasteiger charge is 2.30. The normalized spacial score (nSPS) is 21.0. The molecule has 2 heterocycles. The lowest BCUT2D eigenvalue weighted by molar-refractivity contribution is 0.0195. The predicted octanol–water partition coefficient (Wildman–Crippen LogP) is 2.64. The van der Waals surface area contributed by atoms with Gasteiger partial charge in [0.15, 0.2) is 5.96 Å². The van der Waals surface area contributed by atoms with Crippen molar-refractivity contribution in [1.29, 1.82) is 0 Å². The SMILES string of the molecule is CCNC(=NCCc1ccc(OCC(C)C)cc1)N1CCC(N2CCOCC2)C1. The van der Waals surface area contributed by atoms with E-state index in [0.717, 1.165) is 77.2 Å². The van der Waals surface area contributed by atoms with E-state index in [4.69, 9.17) is 14.5 Å². The van der Waals surface area contributed by atoms with Gasteiger partial charge in [0.05, 0.1) is 19.8 Å². The van der Waals surface area contributed by atoms with Crippen molar-refractivity contribution in [3.05, 3.63) is 29.8 Å². The van der Waals surface area contributed by atoms with E-state index in [9.17, 15) is 0 Å². The van der Waals surface area contributed by atoms with Crippen LogP contribution in [0.15, 0.2) is 29.3 Å². The second-order valence-electron chi connectivity index (χ2n) is 8.37. The van der Waals surface area contributed by atoms with E-state index in [1.54, 1.807) is 0 Å². The molecule has 3 rings (SSSR count). The zero-order chi connectivity index (χ0) is 20.5. The molecule has 2 aliphatic rings. The molecule has 1 N–H and O–H groups in total. The molecule has 0 amide bonds. The standard InChI is InChI=1S/C23H38N4O2/c1-4-24-23(27-12-10-21(17-27)26-13-15-28-16-14-26)25-11-9-20-5-7-22(8-6-20)29-18-19(2)3/h5-8,19,21H,4,9-18H2,1-3H3,(H,24,25). The van der Waals surface area contributed by atoms with Crippen molar-refractivity contribution in [3.8, 4) is 5.75 Å². The maximum Gasteiger partial charge on any atom is 0.193 e. The van der Waals surface area contributed by atoms with E-state index >= 15 is 0 Å². The van der Waals surface area contributed by atoms with E-state index in [0.29, 0.717) is 12.0 Å². The monoisotopic (exact) mass is 402 g/mol. The Hall–Kier alpha value is -1.79. The summed E-state index contributed by atoms with van der Waals surface area (Å²) in [4.78, 5) is 9.91. The maximum atomic E-state index is 5.77. The van der Waals surface area contributed by atoms with Crippen LogP contribution in [-0.4, -0.2) is 80.9 Å². The highest BCUT2D eigenvalue weighted by molar-refractivity contribution is 5.80. The van der Waals surface area contributed by atoms with Gasteiger partial charge >= 0.3 is 0 Å². The summed E-state index contributed by atoms with van der Waals surface area (Å²) in [6, 6.07) is 9.08. The van der Waals surface area contributed by atoms with Crippen molar-refractivity contribution in [1.82, 2.24) is 15.1 Å². The van der Waals surface area contributed by atoms with E-state index in [1.807, 2.05) is 0 Å². The number of hydrogen-bond acceptors (Lipinski definition) is 4. The summed E-state index contributed by atoms with van der Waals surface area (Å²) in [5.41, 5.74) is 1.30. The fourth-order valence-electron chi connectivity index (χ4n) is 3.91. The molecule has 2 fully saturated rings. The molecule has 29 heavy (non-hydrogen) atoms. The summed E-state index contributed by atoms with van der Waals surface area (Å²) in [5.74, 6) is 2.55. The average molecular weight is 403 g/mol. The van der Waals surface area contributed by atoms with Crippen LogP contribution in [0.3, 0.4) is 0 Å². The Balaban J connectivity index is 1.49. The molecule has 0 aliphatic carbocycles. The van der Waals surface area contributed by atoms with Crippen LogP contribution in [0.2, 0.25) is 0 Å². The van der Waals surface area contributed by atoms with Crippen LogP contribution in [0, 0.1) is 5.92 Å². The lowest BCUT2D eigenvalue weighted by Gasteiger charge is -2.32. The van der Waals surface area contributed by atoms with Gasteiger partial charge in [0.2, 0.25) is 0 Å². The minimum absolute atomic E-state index is 0.543. The Morgan fingerprint density at radius 2 is 1.97 bits per heavy atom. The number of guanidine groups is 1. The predicted molar refractivity (Wildman–Crippen MR) is 119 cm³/mol. The Kier molecular flexibility index (Phi) is 8.62. The number of ether oxygens (including phenoxy) is 2. The molecular weight excluding hydrogens is 364 g/mol. The van der Waals surface area contributed by atoms with Crippen LogP contribution in [0.4, 0.5) is 0 Å². The number of morpholine rings is 1. The van der Waals surface area contributed by atoms with Crippen LogP contribution in [0.5, 0.6) is 5.75 Å². The number of nitrogens with zero attached hydrogens (tertiary/aromatic N) is 3. The minimum Gasteiger partial charge on any atom is -0.493 e. The number of aliphatic imine (C=N–C) groups is 1. The molecule has 0 bridgehead atoms. The summed E-state index contributed by atoms with van der Waals surface area (Å²) >= 11 is 0. The van der Waals surface area contributed by atoms with Gasteiger partial charge in [-0.2, -0.15) is 0 Å². The van der Waals surface area contributed by atoms with Crippen LogP contribution in [0.25, 0.3) is 0 Å². The number of hydrogen-bond donors (Lipinski definition) is 1. The molecular formula is C23H38N4O2. The van der Waals surface area contributed by atoms with E-state index < -0.39 is 0 Å². The number of benzene rings is 1. The van der Waals surface area contributed by atoms with E-state index in [1.165, 1.54) is 12.0 Å². The van der Waals surface area contributed by atoms with Gasteiger partial charge < -0.3 is 19.7 Å². The van der Waals surface area contributed by atoms with Crippen molar-refractivity contribution >= 4 is 5.96 Å². The zero-order valence-electron chi connectivity index (χ0n) is 18.4. The third-order valence-corrected chi connectivity index (χ3v) is 5.53. The Bertz CT molecular complexity index is 626. The molecule has 1 aromatic rings. The van der Waals surface area contributed by atoms with Crippen LogP contribution >= 0.6 is 0 Å². The topological polar surface area (TPSA) is 49.3 Å². The van der Waals surface area contributed by atoms with Gasteiger partial charge in [0, 0.05) is 45.3 Å². The van der Waals surface area contributed by atoms with Gasteiger partial charge in [0.25, 0.3) is 0 Å². The lowest BCUT2D eigenvalue weighted by Crippen LogP contribution is -2.46. The van der Waals surface area contributed by atoms with Gasteiger partial charge in [-0.25, -0.2) is 0 Å². The van der Waals surface area contributed by atoms with Crippen molar-refractivity contribution in [3.63, 3.8) is 0 Å². The van der Waals surface area contributed by atoms with E-state index in [2.05, 4.69) is 60.2 Å². The lowest BCUT2D eigenvalue weighted by atomic mass is 10.1. The summed E-state index contributed by atoms with van der Waals surface area (Å²) in [5, 5.41) is 3.48. The smallest absolute Gasteiger partial charge is 0.193 e. The first-order valence-corrected chi connectivity index (χ1v) is 11.2. The van der Waals surface area contributed by atoms with Gasteiger partial charge in [-0.3, -0.25) is 9.89 Å². The molecule has 0 radical (unpaired) electrons. The fraction of sp³-hybridized carbons (Fsp3) is 0.696. The molecule has 1 aromatic carbocycles. The van der Waals surface area contributed by atoms with Crippen molar-refractivity contribution in [2.24, 2.45) is 10.9 Å². The molecule has 0 aromatic heterocycles. The second-order valence-corrected chi connectivity index (χ2v) is 8.37. The Labute approximate surface area is 176 Å². The average Bonchev–Trinajstić information content (AvgIpc) is 3.23. The van der Waals surface area contributed by atoms with Gasteiger partial charge in [0.1, 0.15) is 5.75 Å². The van der Waals surface area contributed by atoms with Gasteiger partial charge in [-0.1, -0.05) is 26.0 Å². The highest BCUT2D eigenvalue weighted by Crippen LogP contribution is 2.17. The molecule has 1 unspecified atom stereocenters. The van der Waals surface area contributed by atoms with Crippen LogP contribution < -0.4 is 10.1 Å². The third kappa shape index (κ3) is 6.89. The molecule has 0 saturated carbocycles. The van der Waals surface area contributed by atoms with Gasteiger partial charge in [-0.15, -0.1) is 0 Å². The first kappa shape index (κ1) is 21.9. The summed E-state index contributed by atoms with van der Waals surface area (Å²) in [6.45, 7) is 14.9. The van der Waals surface area contributed by atoms with Gasteiger partial charge in [-0.05, 0) is 43.4 Å². The number of nitrogens with one attached hydrogen (secondary N) is 1. The maximum absolute atomic E-state index is 5.77. The van der Waals surface area contributed by atoms with Crippen molar-refractivity contribution < 1.29 is 9.47 Å². The van der Waals surface area contributed by atoms with E-state index in [-0.39, 0.29) is 0 Å². The molecule has 6 heteroatoms. The molecule has 1 atom stereocenters. The van der Waals surface area contributed by atoms with Crippen molar-refractivity contribution in [2.45, 2.75) is 39.7 Å². The van der Waals surface area contributed by atoms with Crippen LogP contribution in [0.1, 0.15) is 32.8 Å². The second kappa shape index (κ2) is 11.4. The largest absolute Gasteiger partial charge is 0.493 e. The first-order chi connectivity index (χ1) is 14.2. The minimum atomic E-state index is 0.543. The zero-order valence-corrected chi connectivity index (χ0v) is 18.4. The van der Waals surface area contributed by atoms with Crippen molar-refractivity contribution in [2.75, 3.05) is 59.1 Å². The molecule has 2 aliphatic heterocycles. The number of likely N-dealkylation sites (tertiary alicyclic amines) is 1. The quantitative estimate of drug-likeness (QED) is 0.535. The summed E-state index contributed by atoms with van der Waals surface area (Å²) < 4.78 is 11.3. The third-order valence-electron chi connectivity index (χ3n) is 5.53.